The maximum atomic E-state index is 12.1. The molecule has 3 aromatic rings. The molecule has 0 aliphatic carbocycles. The first-order valence-corrected chi connectivity index (χ1v) is 11.7. The molecule has 0 unspecified atom stereocenters. The highest BCUT2D eigenvalue weighted by atomic mass is 16.5. The van der Waals surface area contributed by atoms with E-state index in [0.717, 1.165) is 24.5 Å². The highest BCUT2D eigenvalue weighted by molar-refractivity contribution is 6.01. The molecule has 12 heteroatoms. The number of amidine groups is 2. The fourth-order valence-corrected chi connectivity index (χ4v) is 3.91. The Morgan fingerprint density at radius 3 is 2.78 bits per heavy atom. The average Bonchev–Trinajstić information content (AvgIpc) is 3.31. The van der Waals surface area contributed by atoms with Crippen LogP contribution in [0.5, 0.6) is 29.1 Å². The van der Waals surface area contributed by atoms with Crippen LogP contribution < -0.4 is 30.6 Å². The maximum absolute atomic E-state index is 12.1. The third kappa shape index (κ3) is 5.08. The Hall–Kier alpha value is -4.87. The lowest BCUT2D eigenvalue weighted by molar-refractivity contribution is -0.114. The number of fused-ring (bicyclic) bond motifs is 1. The monoisotopic (exact) mass is 502 g/mol. The van der Waals surface area contributed by atoms with Gasteiger partial charge >= 0.3 is 6.01 Å². The van der Waals surface area contributed by atoms with Gasteiger partial charge in [0.05, 0.1) is 19.7 Å². The summed E-state index contributed by atoms with van der Waals surface area (Å²) < 4.78 is 17.8. The summed E-state index contributed by atoms with van der Waals surface area (Å²) in [4.78, 5) is 27.6. The molecule has 0 radical (unpaired) electrons. The number of aromatic nitrogens is 2. The third-order valence-corrected chi connectivity index (χ3v) is 5.66. The van der Waals surface area contributed by atoms with Gasteiger partial charge in [-0.05, 0) is 37.3 Å². The van der Waals surface area contributed by atoms with Gasteiger partial charge in [0.2, 0.25) is 5.91 Å². The number of carbonyl (C=O) groups is 1. The number of benzene rings is 2. The number of amides is 1. The number of likely N-dealkylation sites (N-methyl/N-ethyl adjacent to an activating group) is 1. The van der Waals surface area contributed by atoms with Crippen LogP contribution in [0.15, 0.2) is 47.5 Å². The molecule has 0 bridgehead atoms. The van der Waals surface area contributed by atoms with E-state index in [4.69, 9.17) is 25.4 Å². The van der Waals surface area contributed by atoms with Crippen LogP contribution in [0.2, 0.25) is 0 Å². The molecule has 5 N–H and O–H groups in total. The lowest BCUT2D eigenvalue weighted by Crippen LogP contribution is -2.28. The molecule has 0 saturated carbocycles. The van der Waals surface area contributed by atoms with E-state index in [1.807, 2.05) is 32.2 Å². The summed E-state index contributed by atoms with van der Waals surface area (Å²) in [5.41, 5.74) is 7.28. The predicted molar refractivity (Wildman–Crippen MR) is 138 cm³/mol. The van der Waals surface area contributed by atoms with E-state index in [0.29, 0.717) is 29.5 Å². The first-order valence-electron chi connectivity index (χ1n) is 11.7. The number of nitrogens with two attached hydrogens (primary N) is 1. The van der Waals surface area contributed by atoms with Crippen LogP contribution in [-0.4, -0.2) is 65.7 Å². The quantitative estimate of drug-likeness (QED) is 0.268. The molecule has 0 fully saturated rings. The van der Waals surface area contributed by atoms with E-state index in [1.165, 1.54) is 0 Å². The SMILES string of the molecule is CCOc1ccc(C(=N)N)cc1Oc1nc(Oc2cccc(C3=NCCN3C)c2)nc2c1NC(=O)CN2. The van der Waals surface area contributed by atoms with Gasteiger partial charge in [0.15, 0.2) is 17.3 Å². The summed E-state index contributed by atoms with van der Waals surface area (Å²) in [7, 11) is 1.99. The zero-order valence-electron chi connectivity index (χ0n) is 20.4. The van der Waals surface area contributed by atoms with Crippen LogP contribution in [0.3, 0.4) is 0 Å². The van der Waals surface area contributed by atoms with Gasteiger partial charge < -0.3 is 35.5 Å². The van der Waals surface area contributed by atoms with Crippen LogP contribution in [0.1, 0.15) is 18.1 Å². The number of ether oxygens (including phenoxy) is 3. The number of nitrogen functional groups attached to an aromatic ring is 1. The first kappa shape index (κ1) is 23.9. The van der Waals surface area contributed by atoms with Crippen molar-refractivity contribution < 1.29 is 19.0 Å². The second kappa shape index (κ2) is 10.0. The number of nitrogens with one attached hydrogen (secondary N) is 3. The maximum Gasteiger partial charge on any atom is 0.327 e. The fourth-order valence-electron chi connectivity index (χ4n) is 3.91. The lowest BCUT2D eigenvalue weighted by atomic mass is 10.2. The van der Waals surface area contributed by atoms with Gasteiger partial charge in [-0.2, -0.15) is 9.97 Å². The Morgan fingerprint density at radius 1 is 1.16 bits per heavy atom. The number of hydrogen-bond donors (Lipinski definition) is 4. The Morgan fingerprint density at radius 2 is 2.03 bits per heavy atom. The molecule has 37 heavy (non-hydrogen) atoms. The first-order chi connectivity index (χ1) is 17.9. The van der Waals surface area contributed by atoms with Crippen molar-refractivity contribution in [2.75, 3.05) is 43.9 Å². The van der Waals surface area contributed by atoms with Gasteiger partial charge in [0, 0.05) is 24.7 Å². The number of anilines is 2. The third-order valence-electron chi connectivity index (χ3n) is 5.66. The summed E-state index contributed by atoms with van der Waals surface area (Å²) in [5, 5.41) is 13.5. The smallest absolute Gasteiger partial charge is 0.327 e. The molecule has 2 aromatic carbocycles. The molecule has 2 aliphatic rings. The van der Waals surface area contributed by atoms with Gasteiger partial charge in [0.1, 0.15) is 23.1 Å². The van der Waals surface area contributed by atoms with Crippen molar-refractivity contribution >= 4 is 29.1 Å². The Bertz CT molecular complexity index is 1410. The van der Waals surface area contributed by atoms with Crippen LogP contribution in [0, 0.1) is 5.41 Å². The summed E-state index contributed by atoms with van der Waals surface area (Å²) in [6, 6.07) is 12.4. The highest BCUT2D eigenvalue weighted by Gasteiger charge is 2.25. The number of rotatable bonds is 8. The second-order valence-corrected chi connectivity index (χ2v) is 8.30. The van der Waals surface area contributed by atoms with Gasteiger partial charge in [-0.25, -0.2) is 0 Å². The Balaban J connectivity index is 1.51. The lowest BCUT2D eigenvalue weighted by Gasteiger charge is -2.21. The summed E-state index contributed by atoms with van der Waals surface area (Å²) in [6.45, 7) is 3.88. The zero-order chi connectivity index (χ0) is 25.9. The normalized spacial score (nSPS) is 14.3. The molecule has 5 rings (SSSR count). The molecule has 0 spiro atoms. The van der Waals surface area contributed by atoms with Crippen LogP contribution >= 0.6 is 0 Å². The van der Waals surface area contributed by atoms with Crippen molar-refractivity contribution in [3.8, 4) is 29.1 Å². The Kier molecular flexibility index (Phi) is 6.45. The topological polar surface area (TPSA) is 160 Å². The Labute approximate surface area is 213 Å². The molecule has 0 saturated heterocycles. The van der Waals surface area contributed by atoms with E-state index in [2.05, 4.69) is 30.5 Å². The van der Waals surface area contributed by atoms with E-state index >= 15 is 0 Å². The van der Waals surface area contributed by atoms with Crippen molar-refractivity contribution in [2.45, 2.75) is 6.92 Å². The van der Waals surface area contributed by atoms with Crippen molar-refractivity contribution in [2.24, 2.45) is 10.7 Å². The molecule has 1 aromatic heterocycles. The minimum Gasteiger partial charge on any atom is -0.490 e. The van der Waals surface area contributed by atoms with Crippen molar-refractivity contribution in [1.82, 2.24) is 14.9 Å². The average molecular weight is 503 g/mol. The van der Waals surface area contributed by atoms with Gasteiger partial charge in [-0.15, -0.1) is 0 Å². The number of aliphatic imine (C=N–C) groups is 1. The van der Waals surface area contributed by atoms with Crippen LogP contribution in [-0.2, 0) is 4.79 Å². The van der Waals surface area contributed by atoms with Gasteiger partial charge in [-0.1, -0.05) is 12.1 Å². The largest absolute Gasteiger partial charge is 0.490 e. The van der Waals surface area contributed by atoms with E-state index in [-0.39, 0.29) is 41.6 Å². The zero-order valence-corrected chi connectivity index (χ0v) is 20.4. The van der Waals surface area contributed by atoms with Crippen molar-refractivity contribution in [3.63, 3.8) is 0 Å². The number of hydrogen-bond acceptors (Lipinski definition) is 10. The van der Waals surface area contributed by atoms with E-state index in [1.54, 1.807) is 24.3 Å². The van der Waals surface area contributed by atoms with Crippen LogP contribution in [0.25, 0.3) is 0 Å². The molecule has 1 amide bonds. The molecule has 3 heterocycles. The highest BCUT2D eigenvalue weighted by Crippen LogP contribution is 2.40. The molecular formula is C25H26N8O4. The van der Waals surface area contributed by atoms with Gasteiger partial charge in [-0.3, -0.25) is 15.2 Å². The van der Waals surface area contributed by atoms with Crippen molar-refractivity contribution in [1.29, 1.82) is 5.41 Å². The number of nitrogens with zero attached hydrogens (tertiary/aromatic N) is 4. The van der Waals surface area contributed by atoms with Crippen LogP contribution in [0.4, 0.5) is 11.5 Å². The standard InChI is InChI=1S/C25H26N8O4/c1-3-35-17-8-7-14(21(26)27)12-18(17)37-24-20-22(29-13-19(34)30-20)31-25(32-24)36-16-6-4-5-15(11-16)23-28-9-10-33(23)2/h4-8,11-12H,3,9-10,13H2,1-2H3,(H3,26,27)(H,30,34)(H,29,31,32). The van der Waals surface area contributed by atoms with E-state index < -0.39 is 0 Å². The van der Waals surface area contributed by atoms with Crippen molar-refractivity contribution in [3.05, 3.63) is 53.6 Å². The van der Waals surface area contributed by atoms with Gasteiger partial charge in [0.25, 0.3) is 5.88 Å². The molecule has 2 aliphatic heterocycles. The summed E-state index contributed by atoms with van der Waals surface area (Å²) in [5.74, 6) is 2.07. The molecule has 0 atom stereocenters. The predicted octanol–water partition coefficient (Wildman–Crippen LogP) is 2.80. The fraction of sp³-hybridized carbons (Fsp3) is 0.240. The number of carbonyl (C=O) groups excluding carboxylic acids is 1. The molecule has 190 valence electrons. The summed E-state index contributed by atoms with van der Waals surface area (Å²) >= 11 is 0. The van der Waals surface area contributed by atoms with E-state index in [9.17, 15) is 4.79 Å². The minimum absolute atomic E-state index is 0.0111. The molecule has 12 nitrogen and oxygen atoms in total. The summed E-state index contributed by atoms with van der Waals surface area (Å²) in [6.07, 6.45) is 0. The molecular weight excluding hydrogens is 476 g/mol. The minimum atomic E-state index is -0.272. The second-order valence-electron chi connectivity index (χ2n) is 8.30.